The fourth-order valence-corrected chi connectivity index (χ4v) is 2.24. The number of pyridine rings is 1. The average molecular weight is 349 g/mol. The molecule has 0 aromatic carbocycles. The van der Waals surface area contributed by atoms with Crippen LogP contribution in [0.2, 0.25) is 0 Å². The Morgan fingerprint density at radius 3 is 2.60 bits per heavy atom. The number of nitrogens with zero attached hydrogens (tertiary/aromatic N) is 4. The molecule has 0 aliphatic rings. The molecule has 0 spiro atoms. The van der Waals surface area contributed by atoms with Crippen LogP contribution in [0.4, 0.5) is 19.0 Å². The number of aryl methyl sites for hydroxylation is 2. The van der Waals surface area contributed by atoms with Crippen LogP contribution in [0.3, 0.4) is 0 Å². The molecule has 6 nitrogen and oxygen atoms in total. The first-order chi connectivity index (χ1) is 11.8. The Balaban J connectivity index is 1.95. The van der Waals surface area contributed by atoms with E-state index in [9.17, 15) is 13.2 Å². The van der Waals surface area contributed by atoms with Gasteiger partial charge in [0.15, 0.2) is 11.5 Å². The highest BCUT2D eigenvalue weighted by Crippen LogP contribution is 2.30. The molecule has 0 atom stereocenters. The SMILES string of the molecule is Cc1noc(C)c1CNc1cc(C(F)(F)F)nc(-c2cccnc2)n1. The summed E-state index contributed by atoms with van der Waals surface area (Å²) in [6, 6.07) is 4.08. The highest BCUT2D eigenvalue weighted by molar-refractivity contribution is 5.56. The third kappa shape index (κ3) is 3.76. The van der Waals surface area contributed by atoms with Crippen molar-refractivity contribution in [3.05, 3.63) is 53.3 Å². The summed E-state index contributed by atoms with van der Waals surface area (Å²) < 4.78 is 44.5. The summed E-state index contributed by atoms with van der Waals surface area (Å²) in [7, 11) is 0. The van der Waals surface area contributed by atoms with Crippen LogP contribution < -0.4 is 5.32 Å². The van der Waals surface area contributed by atoms with E-state index in [4.69, 9.17) is 4.52 Å². The molecule has 0 saturated carbocycles. The Labute approximate surface area is 141 Å². The van der Waals surface area contributed by atoms with Crippen molar-refractivity contribution in [1.82, 2.24) is 20.1 Å². The van der Waals surface area contributed by atoms with E-state index in [0.29, 0.717) is 17.0 Å². The van der Waals surface area contributed by atoms with E-state index in [-0.39, 0.29) is 18.2 Å². The normalized spacial score (nSPS) is 11.6. The van der Waals surface area contributed by atoms with Gasteiger partial charge < -0.3 is 9.84 Å². The molecule has 9 heteroatoms. The molecule has 1 N–H and O–H groups in total. The second-order valence-corrected chi connectivity index (χ2v) is 5.36. The topological polar surface area (TPSA) is 76.7 Å². The van der Waals surface area contributed by atoms with E-state index in [0.717, 1.165) is 11.6 Å². The van der Waals surface area contributed by atoms with Gasteiger partial charge in [0, 0.05) is 36.1 Å². The van der Waals surface area contributed by atoms with Crippen molar-refractivity contribution < 1.29 is 17.7 Å². The lowest BCUT2D eigenvalue weighted by Crippen LogP contribution is -2.12. The molecule has 0 bridgehead atoms. The third-order valence-corrected chi connectivity index (χ3v) is 3.56. The van der Waals surface area contributed by atoms with Crippen molar-refractivity contribution in [3.8, 4) is 11.4 Å². The number of hydrogen-bond acceptors (Lipinski definition) is 6. The Bertz CT molecular complexity index is 858. The van der Waals surface area contributed by atoms with Gasteiger partial charge in [-0.25, -0.2) is 9.97 Å². The number of nitrogens with one attached hydrogen (secondary N) is 1. The van der Waals surface area contributed by atoms with Gasteiger partial charge in [-0.05, 0) is 26.0 Å². The van der Waals surface area contributed by atoms with Crippen LogP contribution in [-0.2, 0) is 12.7 Å². The lowest BCUT2D eigenvalue weighted by atomic mass is 10.2. The van der Waals surface area contributed by atoms with Gasteiger partial charge in [-0.3, -0.25) is 4.98 Å². The van der Waals surface area contributed by atoms with E-state index in [1.165, 1.54) is 12.4 Å². The largest absolute Gasteiger partial charge is 0.433 e. The minimum Gasteiger partial charge on any atom is -0.366 e. The Morgan fingerprint density at radius 2 is 2.00 bits per heavy atom. The van der Waals surface area contributed by atoms with Crippen LogP contribution in [0.25, 0.3) is 11.4 Å². The molecule has 3 rings (SSSR count). The molecular weight excluding hydrogens is 335 g/mol. The Kier molecular flexibility index (Phi) is 4.39. The minimum atomic E-state index is -4.58. The number of aromatic nitrogens is 4. The van der Waals surface area contributed by atoms with E-state index < -0.39 is 11.9 Å². The lowest BCUT2D eigenvalue weighted by molar-refractivity contribution is -0.141. The number of anilines is 1. The standard InChI is InChI=1S/C16H14F3N5O/c1-9-12(10(2)25-24-9)8-21-14-6-13(16(17,18)19)22-15(23-14)11-4-3-5-20-7-11/h3-7H,8H2,1-2H3,(H,21,22,23). The first-order valence-corrected chi connectivity index (χ1v) is 7.37. The summed E-state index contributed by atoms with van der Waals surface area (Å²) in [5.41, 5.74) is 0.814. The second kappa shape index (κ2) is 6.50. The van der Waals surface area contributed by atoms with Crippen LogP contribution in [-0.4, -0.2) is 20.1 Å². The number of rotatable bonds is 4. The average Bonchev–Trinajstić information content (AvgIpc) is 2.91. The maximum atomic E-state index is 13.1. The van der Waals surface area contributed by atoms with Gasteiger partial charge in [-0.2, -0.15) is 13.2 Å². The summed E-state index contributed by atoms with van der Waals surface area (Å²) in [5.74, 6) is 0.605. The van der Waals surface area contributed by atoms with Crippen LogP contribution in [0.5, 0.6) is 0 Å². The third-order valence-electron chi connectivity index (χ3n) is 3.56. The molecule has 3 aromatic rings. The fourth-order valence-electron chi connectivity index (χ4n) is 2.24. The summed E-state index contributed by atoms with van der Waals surface area (Å²) in [4.78, 5) is 11.7. The molecule has 25 heavy (non-hydrogen) atoms. The summed E-state index contributed by atoms with van der Waals surface area (Å²) in [5, 5.41) is 6.69. The maximum Gasteiger partial charge on any atom is 0.433 e. The summed E-state index contributed by atoms with van der Waals surface area (Å²) in [6.07, 6.45) is -1.65. The van der Waals surface area contributed by atoms with Crippen LogP contribution >= 0.6 is 0 Å². The lowest BCUT2D eigenvalue weighted by Gasteiger charge is -2.12. The van der Waals surface area contributed by atoms with Gasteiger partial charge >= 0.3 is 6.18 Å². The van der Waals surface area contributed by atoms with Gasteiger partial charge in [-0.1, -0.05) is 5.16 Å². The Hall–Kier alpha value is -2.97. The molecule has 0 radical (unpaired) electrons. The van der Waals surface area contributed by atoms with Crippen molar-refractivity contribution in [1.29, 1.82) is 0 Å². The molecule has 0 saturated heterocycles. The molecule has 0 aliphatic carbocycles. The van der Waals surface area contributed by atoms with Gasteiger partial charge in [0.05, 0.1) is 5.69 Å². The molecule has 0 amide bonds. The van der Waals surface area contributed by atoms with Crippen molar-refractivity contribution in [2.45, 2.75) is 26.6 Å². The van der Waals surface area contributed by atoms with Crippen molar-refractivity contribution >= 4 is 5.82 Å². The quantitative estimate of drug-likeness (QED) is 0.772. The van der Waals surface area contributed by atoms with Gasteiger partial charge in [0.1, 0.15) is 11.6 Å². The van der Waals surface area contributed by atoms with Gasteiger partial charge in [0.25, 0.3) is 0 Å². The molecular formula is C16H14F3N5O. The van der Waals surface area contributed by atoms with Crippen molar-refractivity contribution in [3.63, 3.8) is 0 Å². The minimum absolute atomic E-state index is 0.0517. The van der Waals surface area contributed by atoms with E-state index >= 15 is 0 Å². The zero-order valence-electron chi connectivity index (χ0n) is 13.4. The van der Waals surface area contributed by atoms with Crippen LogP contribution in [0, 0.1) is 13.8 Å². The Morgan fingerprint density at radius 1 is 1.20 bits per heavy atom. The highest BCUT2D eigenvalue weighted by Gasteiger charge is 2.34. The molecule has 0 unspecified atom stereocenters. The molecule has 3 aromatic heterocycles. The maximum absolute atomic E-state index is 13.1. The van der Waals surface area contributed by atoms with Gasteiger partial charge in [-0.15, -0.1) is 0 Å². The van der Waals surface area contributed by atoms with Crippen molar-refractivity contribution in [2.24, 2.45) is 0 Å². The highest BCUT2D eigenvalue weighted by atomic mass is 19.4. The zero-order chi connectivity index (χ0) is 18.0. The van der Waals surface area contributed by atoms with Crippen molar-refractivity contribution in [2.75, 3.05) is 5.32 Å². The molecule has 0 fully saturated rings. The van der Waals surface area contributed by atoms with E-state index in [2.05, 4.69) is 25.4 Å². The fraction of sp³-hybridized carbons (Fsp3) is 0.250. The van der Waals surface area contributed by atoms with E-state index in [1.807, 2.05) is 0 Å². The van der Waals surface area contributed by atoms with E-state index in [1.54, 1.807) is 26.0 Å². The second-order valence-electron chi connectivity index (χ2n) is 5.36. The number of alkyl halides is 3. The van der Waals surface area contributed by atoms with Crippen LogP contribution in [0.1, 0.15) is 22.7 Å². The number of halogens is 3. The van der Waals surface area contributed by atoms with Crippen LogP contribution in [0.15, 0.2) is 35.1 Å². The predicted molar refractivity (Wildman–Crippen MR) is 83.6 cm³/mol. The smallest absolute Gasteiger partial charge is 0.366 e. The molecule has 130 valence electrons. The first kappa shape index (κ1) is 16.9. The number of hydrogen-bond donors (Lipinski definition) is 1. The molecule has 0 aliphatic heterocycles. The monoisotopic (exact) mass is 349 g/mol. The summed E-state index contributed by atoms with van der Waals surface area (Å²) >= 11 is 0. The van der Waals surface area contributed by atoms with Gasteiger partial charge in [0.2, 0.25) is 0 Å². The molecule has 3 heterocycles. The zero-order valence-corrected chi connectivity index (χ0v) is 13.4. The predicted octanol–water partition coefficient (Wildman–Crippen LogP) is 3.77. The summed E-state index contributed by atoms with van der Waals surface area (Å²) in [6.45, 7) is 3.73. The first-order valence-electron chi connectivity index (χ1n) is 7.37.